The number of benzene rings is 2. The molecule has 7 heteroatoms. The highest BCUT2D eigenvalue weighted by Gasteiger charge is 2.23. The fraction of sp³-hybridized carbons (Fsp3) is 0.316. The first-order chi connectivity index (χ1) is 12.1. The number of rotatable bonds is 6. The molecule has 0 aliphatic heterocycles. The summed E-state index contributed by atoms with van der Waals surface area (Å²) in [7, 11) is -3.61. The molecular formula is C19H23BrN2O3S. The van der Waals surface area contributed by atoms with E-state index in [0.29, 0.717) is 10.2 Å². The van der Waals surface area contributed by atoms with Gasteiger partial charge in [-0.3, -0.25) is 9.10 Å². The van der Waals surface area contributed by atoms with Crippen molar-refractivity contribution in [1.29, 1.82) is 0 Å². The van der Waals surface area contributed by atoms with Crippen molar-refractivity contribution in [3.05, 3.63) is 63.6 Å². The number of hydrogen-bond donors (Lipinski definition) is 1. The molecule has 0 spiro atoms. The average Bonchev–Trinajstić information content (AvgIpc) is 2.54. The molecule has 2 rings (SSSR count). The van der Waals surface area contributed by atoms with Crippen LogP contribution >= 0.6 is 15.9 Å². The van der Waals surface area contributed by atoms with Crippen LogP contribution in [0.15, 0.2) is 46.9 Å². The number of para-hydroxylation sites is 1. The third kappa shape index (κ3) is 5.08. The number of aryl methyl sites for hydroxylation is 2. The minimum absolute atomic E-state index is 0.219. The van der Waals surface area contributed by atoms with Crippen LogP contribution in [0.2, 0.25) is 0 Å². The van der Waals surface area contributed by atoms with Crippen LogP contribution in [0.4, 0.5) is 5.69 Å². The second kappa shape index (κ2) is 8.22. The molecule has 2 aromatic rings. The zero-order chi connectivity index (χ0) is 19.5. The van der Waals surface area contributed by atoms with Crippen LogP contribution in [0.5, 0.6) is 0 Å². The predicted molar refractivity (Wildman–Crippen MR) is 109 cm³/mol. The Hall–Kier alpha value is -1.86. The second-order valence-electron chi connectivity index (χ2n) is 6.37. The number of sulfonamides is 1. The van der Waals surface area contributed by atoms with Crippen molar-refractivity contribution in [2.24, 2.45) is 0 Å². The molecule has 5 nitrogen and oxygen atoms in total. The summed E-state index contributed by atoms with van der Waals surface area (Å²) in [4.78, 5) is 12.5. The van der Waals surface area contributed by atoms with Crippen molar-refractivity contribution in [1.82, 2.24) is 5.32 Å². The maximum atomic E-state index is 12.5. The van der Waals surface area contributed by atoms with Crippen molar-refractivity contribution < 1.29 is 13.2 Å². The lowest BCUT2D eigenvalue weighted by Crippen LogP contribution is -2.41. The summed E-state index contributed by atoms with van der Waals surface area (Å²) < 4.78 is 26.1. The summed E-state index contributed by atoms with van der Waals surface area (Å²) in [5.41, 5.74) is 3.64. The molecule has 140 valence electrons. The first-order valence-electron chi connectivity index (χ1n) is 8.18. The number of anilines is 1. The van der Waals surface area contributed by atoms with Crippen LogP contribution in [0.25, 0.3) is 0 Å². The molecule has 1 amide bonds. The Morgan fingerprint density at radius 2 is 1.85 bits per heavy atom. The van der Waals surface area contributed by atoms with Crippen molar-refractivity contribution in [2.45, 2.75) is 26.8 Å². The van der Waals surface area contributed by atoms with Gasteiger partial charge >= 0.3 is 0 Å². The van der Waals surface area contributed by atoms with E-state index in [2.05, 4.69) is 21.2 Å². The van der Waals surface area contributed by atoms with Crippen molar-refractivity contribution >= 4 is 37.5 Å². The van der Waals surface area contributed by atoms with Crippen LogP contribution in [0, 0.1) is 13.8 Å². The predicted octanol–water partition coefficient (Wildman–Crippen LogP) is 3.71. The lowest BCUT2D eigenvalue weighted by molar-refractivity contribution is -0.120. The standard InChI is InChI=1S/C19H23BrN2O3S/c1-13-9-10-14(2)16(11-13)15(3)21-19(23)12-22(26(4,24)25)18-8-6-5-7-17(18)20/h5-11,15H,12H2,1-4H3,(H,21,23). The lowest BCUT2D eigenvalue weighted by Gasteiger charge is -2.24. The minimum Gasteiger partial charge on any atom is -0.348 e. The van der Waals surface area contributed by atoms with Gasteiger partial charge in [-0.1, -0.05) is 35.9 Å². The number of nitrogens with zero attached hydrogens (tertiary/aromatic N) is 1. The lowest BCUT2D eigenvalue weighted by atomic mass is 10.00. The van der Waals surface area contributed by atoms with Gasteiger partial charge in [0.25, 0.3) is 0 Å². The molecule has 1 N–H and O–H groups in total. The molecule has 0 bridgehead atoms. The number of amides is 1. The molecular weight excluding hydrogens is 416 g/mol. The highest BCUT2D eigenvalue weighted by atomic mass is 79.9. The summed E-state index contributed by atoms with van der Waals surface area (Å²) in [6.45, 7) is 5.59. The van der Waals surface area contributed by atoms with E-state index in [1.807, 2.05) is 39.0 Å². The maximum absolute atomic E-state index is 12.5. The smallest absolute Gasteiger partial charge is 0.241 e. The second-order valence-corrected chi connectivity index (χ2v) is 9.13. The summed E-state index contributed by atoms with van der Waals surface area (Å²) in [6, 6.07) is 12.8. The van der Waals surface area contributed by atoms with Gasteiger partial charge in [0.1, 0.15) is 6.54 Å². The molecule has 1 atom stereocenters. The molecule has 26 heavy (non-hydrogen) atoms. The Labute approximate surface area is 163 Å². The Kier molecular flexibility index (Phi) is 6.47. The molecule has 0 aliphatic rings. The third-order valence-corrected chi connectivity index (χ3v) is 5.88. The Morgan fingerprint density at radius 1 is 1.19 bits per heavy atom. The van der Waals surface area contributed by atoms with Crippen LogP contribution < -0.4 is 9.62 Å². The zero-order valence-corrected chi connectivity index (χ0v) is 17.7. The molecule has 0 fully saturated rings. The number of nitrogens with one attached hydrogen (secondary N) is 1. The maximum Gasteiger partial charge on any atom is 0.241 e. The van der Waals surface area contributed by atoms with Crippen molar-refractivity contribution in [3.8, 4) is 0 Å². The summed E-state index contributed by atoms with van der Waals surface area (Å²) in [5, 5.41) is 2.90. The number of hydrogen-bond acceptors (Lipinski definition) is 3. The van der Waals surface area contributed by atoms with E-state index in [4.69, 9.17) is 0 Å². The van der Waals surface area contributed by atoms with E-state index < -0.39 is 10.0 Å². The normalized spacial score (nSPS) is 12.5. The SMILES string of the molecule is Cc1ccc(C)c(C(C)NC(=O)CN(c2ccccc2Br)S(C)(=O)=O)c1. The molecule has 1 unspecified atom stereocenters. The minimum atomic E-state index is -3.61. The van der Waals surface area contributed by atoms with E-state index in [0.717, 1.165) is 27.3 Å². The van der Waals surface area contributed by atoms with Crippen LogP contribution in [0.3, 0.4) is 0 Å². The molecule has 0 saturated carbocycles. The van der Waals surface area contributed by atoms with Crippen molar-refractivity contribution in [3.63, 3.8) is 0 Å². The summed E-state index contributed by atoms with van der Waals surface area (Å²) in [5.74, 6) is -0.361. The summed E-state index contributed by atoms with van der Waals surface area (Å²) in [6.07, 6.45) is 1.09. The molecule has 2 aromatic carbocycles. The molecule has 0 aromatic heterocycles. The molecule has 0 radical (unpaired) electrons. The molecule has 0 saturated heterocycles. The van der Waals surface area contributed by atoms with Gasteiger partial charge < -0.3 is 5.32 Å². The molecule has 0 heterocycles. The number of carbonyl (C=O) groups excluding carboxylic acids is 1. The number of carbonyl (C=O) groups is 1. The van der Waals surface area contributed by atoms with Gasteiger partial charge in [-0.15, -0.1) is 0 Å². The largest absolute Gasteiger partial charge is 0.348 e. The van der Waals surface area contributed by atoms with Gasteiger partial charge in [-0.2, -0.15) is 0 Å². The van der Waals surface area contributed by atoms with E-state index in [9.17, 15) is 13.2 Å². The van der Waals surface area contributed by atoms with Gasteiger partial charge in [-0.05, 0) is 60.0 Å². The van der Waals surface area contributed by atoms with Crippen LogP contribution in [0.1, 0.15) is 29.7 Å². The Bertz CT molecular complexity index is 913. The average molecular weight is 439 g/mol. The van der Waals surface area contributed by atoms with Crippen LogP contribution in [-0.2, 0) is 14.8 Å². The van der Waals surface area contributed by atoms with Gasteiger partial charge in [0.15, 0.2) is 0 Å². The van der Waals surface area contributed by atoms with Gasteiger partial charge in [-0.25, -0.2) is 8.42 Å². The first kappa shape index (κ1) is 20.5. The Balaban J connectivity index is 2.20. The van der Waals surface area contributed by atoms with E-state index in [1.165, 1.54) is 0 Å². The van der Waals surface area contributed by atoms with E-state index >= 15 is 0 Å². The Morgan fingerprint density at radius 3 is 2.46 bits per heavy atom. The topological polar surface area (TPSA) is 66.5 Å². The fourth-order valence-electron chi connectivity index (χ4n) is 2.76. The zero-order valence-electron chi connectivity index (χ0n) is 15.3. The van der Waals surface area contributed by atoms with Gasteiger partial charge in [0.2, 0.25) is 15.9 Å². The van der Waals surface area contributed by atoms with Crippen LogP contribution in [-0.4, -0.2) is 27.1 Å². The number of halogens is 1. The first-order valence-corrected chi connectivity index (χ1v) is 10.8. The van der Waals surface area contributed by atoms with Gasteiger partial charge in [0, 0.05) is 4.47 Å². The fourth-order valence-corrected chi connectivity index (χ4v) is 4.24. The highest BCUT2D eigenvalue weighted by molar-refractivity contribution is 9.10. The van der Waals surface area contributed by atoms with Crippen molar-refractivity contribution in [2.75, 3.05) is 17.1 Å². The quantitative estimate of drug-likeness (QED) is 0.747. The van der Waals surface area contributed by atoms with E-state index in [1.54, 1.807) is 24.3 Å². The highest BCUT2D eigenvalue weighted by Crippen LogP contribution is 2.27. The van der Waals surface area contributed by atoms with E-state index in [-0.39, 0.29) is 18.5 Å². The third-order valence-electron chi connectivity index (χ3n) is 4.09. The summed E-state index contributed by atoms with van der Waals surface area (Å²) >= 11 is 3.35. The van der Waals surface area contributed by atoms with Gasteiger partial charge in [0.05, 0.1) is 18.0 Å². The monoisotopic (exact) mass is 438 g/mol. The molecule has 0 aliphatic carbocycles.